The van der Waals surface area contributed by atoms with E-state index in [-0.39, 0.29) is 16.3 Å². The second kappa shape index (κ2) is 7.75. The Morgan fingerprint density at radius 2 is 1.70 bits per heavy atom. The van der Waals surface area contributed by atoms with Gasteiger partial charge in [0.25, 0.3) is 10.0 Å². The molecule has 140 valence electrons. The van der Waals surface area contributed by atoms with E-state index in [4.69, 9.17) is 0 Å². The molecule has 5 nitrogen and oxygen atoms in total. The van der Waals surface area contributed by atoms with Crippen LogP contribution in [0.25, 0.3) is 0 Å². The largest absolute Gasteiger partial charge is 0.354 e. The third-order valence-electron chi connectivity index (χ3n) is 4.09. The molecule has 0 unspecified atom stereocenters. The molecule has 2 N–H and O–H groups in total. The van der Waals surface area contributed by atoms with Crippen LogP contribution < -0.4 is 10.0 Å². The van der Waals surface area contributed by atoms with Crippen LogP contribution in [0.15, 0.2) is 65.7 Å². The molecule has 27 heavy (non-hydrogen) atoms. The van der Waals surface area contributed by atoms with Gasteiger partial charge >= 0.3 is 0 Å². The molecule has 0 amide bonds. The van der Waals surface area contributed by atoms with Crippen molar-refractivity contribution in [2.45, 2.75) is 25.2 Å². The summed E-state index contributed by atoms with van der Waals surface area (Å²) in [6, 6.07) is 15.0. The van der Waals surface area contributed by atoms with E-state index in [0.29, 0.717) is 0 Å². The van der Waals surface area contributed by atoms with Crippen LogP contribution in [0.2, 0.25) is 0 Å². The van der Waals surface area contributed by atoms with E-state index in [1.165, 1.54) is 24.6 Å². The van der Waals surface area contributed by atoms with Crippen LogP contribution in [0.4, 0.5) is 21.6 Å². The first-order valence-electron chi connectivity index (χ1n) is 8.48. The average Bonchev–Trinajstić information content (AvgIpc) is 2.66. The summed E-state index contributed by atoms with van der Waals surface area (Å²) >= 11 is 0. The third-order valence-corrected chi connectivity index (χ3v) is 5.45. The van der Waals surface area contributed by atoms with Crippen LogP contribution in [0.5, 0.6) is 0 Å². The van der Waals surface area contributed by atoms with Crippen molar-refractivity contribution >= 4 is 27.2 Å². The lowest BCUT2D eigenvalue weighted by molar-refractivity contribution is 0.598. The number of aryl methyl sites for hydroxylation is 2. The first kappa shape index (κ1) is 18.8. The van der Waals surface area contributed by atoms with Gasteiger partial charge < -0.3 is 5.32 Å². The van der Waals surface area contributed by atoms with E-state index in [9.17, 15) is 12.8 Å². The third kappa shape index (κ3) is 4.62. The summed E-state index contributed by atoms with van der Waals surface area (Å²) in [6.07, 6.45) is 2.52. The van der Waals surface area contributed by atoms with Gasteiger partial charge in [0.2, 0.25) is 0 Å². The van der Waals surface area contributed by atoms with Crippen molar-refractivity contribution in [1.29, 1.82) is 0 Å². The molecule has 1 heterocycles. The molecule has 3 rings (SSSR count). The van der Waals surface area contributed by atoms with Crippen molar-refractivity contribution in [3.05, 3.63) is 77.7 Å². The summed E-state index contributed by atoms with van der Waals surface area (Å²) in [5.74, 6) is -0.265. The minimum Gasteiger partial charge on any atom is -0.354 e. The number of benzene rings is 2. The van der Waals surface area contributed by atoms with Gasteiger partial charge in [0.1, 0.15) is 11.6 Å². The second-order valence-corrected chi connectivity index (χ2v) is 7.81. The van der Waals surface area contributed by atoms with E-state index in [1.54, 1.807) is 18.3 Å². The van der Waals surface area contributed by atoms with Gasteiger partial charge in [-0.15, -0.1) is 0 Å². The van der Waals surface area contributed by atoms with Crippen LogP contribution in [0.3, 0.4) is 0 Å². The van der Waals surface area contributed by atoms with Gasteiger partial charge in [0.05, 0.1) is 16.8 Å². The number of pyridine rings is 1. The first-order chi connectivity index (χ1) is 12.9. The Hall–Kier alpha value is -2.93. The van der Waals surface area contributed by atoms with Crippen LogP contribution >= 0.6 is 0 Å². The van der Waals surface area contributed by atoms with E-state index >= 15 is 0 Å². The SMILES string of the molecule is CCc1ccc(Nc2ccc(NS(=O)(=O)c3ccc(F)c(C)c3)nc2)cc1. The van der Waals surface area contributed by atoms with Crippen LogP contribution in [-0.2, 0) is 16.4 Å². The second-order valence-electron chi connectivity index (χ2n) is 6.12. The summed E-state index contributed by atoms with van der Waals surface area (Å²) in [5, 5.41) is 3.21. The van der Waals surface area contributed by atoms with Gasteiger partial charge in [-0.1, -0.05) is 19.1 Å². The Bertz CT molecular complexity index is 1030. The molecule has 3 aromatic rings. The molecule has 0 aliphatic rings. The molecule has 0 aliphatic heterocycles. The molecular formula is C20H20FN3O2S. The summed E-state index contributed by atoms with van der Waals surface area (Å²) in [6.45, 7) is 3.61. The van der Waals surface area contributed by atoms with E-state index in [0.717, 1.165) is 23.9 Å². The van der Waals surface area contributed by atoms with E-state index in [1.807, 2.05) is 24.3 Å². The number of aromatic nitrogens is 1. The predicted octanol–water partition coefficient (Wildman–Crippen LogP) is 4.64. The Balaban J connectivity index is 1.71. The van der Waals surface area contributed by atoms with Gasteiger partial charge in [-0.05, 0) is 66.9 Å². The molecule has 0 bridgehead atoms. The fraction of sp³-hybridized carbons (Fsp3) is 0.150. The topological polar surface area (TPSA) is 71.1 Å². The molecule has 0 spiro atoms. The highest BCUT2D eigenvalue weighted by Crippen LogP contribution is 2.20. The highest BCUT2D eigenvalue weighted by atomic mass is 32.2. The fourth-order valence-corrected chi connectivity index (χ4v) is 3.59. The van der Waals surface area contributed by atoms with Gasteiger partial charge in [-0.3, -0.25) is 4.72 Å². The molecule has 0 saturated heterocycles. The standard InChI is InChI=1S/C20H20FN3O2S/c1-3-15-4-6-16(7-5-15)23-17-8-11-20(22-13-17)24-27(25,26)18-9-10-19(21)14(2)12-18/h4-13,23H,3H2,1-2H3,(H,22,24). The highest BCUT2D eigenvalue weighted by molar-refractivity contribution is 7.92. The van der Waals surface area contributed by atoms with Crippen molar-refractivity contribution in [2.24, 2.45) is 0 Å². The molecule has 0 atom stereocenters. The predicted molar refractivity (Wildman–Crippen MR) is 105 cm³/mol. The van der Waals surface area contributed by atoms with Gasteiger partial charge in [0.15, 0.2) is 0 Å². The zero-order valence-electron chi connectivity index (χ0n) is 15.0. The quantitative estimate of drug-likeness (QED) is 0.649. The van der Waals surface area contributed by atoms with Crippen molar-refractivity contribution in [1.82, 2.24) is 4.98 Å². The van der Waals surface area contributed by atoms with Gasteiger partial charge in [-0.25, -0.2) is 17.8 Å². The Labute approximate surface area is 158 Å². The monoisotopic (exact) mass is 385 g/mol. The number of anilines is 3. The van der Waals surface area contributed by atoms with E-state index in [2.05, 4.69) is 21.9 Å². The van der Waals surface area contributed by atoms with E-state index < -0.39 is 15.8 Å². The lowest BCUT2D eigenvalue weighted by Crippen LogP contribution is -2.14. The molecule has 7 heteroatoms. The molecule has 0 radical (unpaired) electrons. The molecule has 2 aromatic carbocycles. The summed E-state index contributed by atoms with van der Waals surface area (Å²) in [7, 11) is -3.83. The van der Waals surface area contributed by atoms with Crippen LogP contribution in [-0.4, -0.2) is 13.4 Å². The van der Waals surface area contributed by atoms with Crippen molar-refractivity contribution < 1.29 is 12.8 Å². The maximum atomic E-state index is 13.3. The van der Waals surface area contributed by atoms with Crippen LogP contribution in [0.1, 0.15) is 18.1 Å². The number of nitrogens with one attached hydrogen (secondary N) is 2. The Morgan fingerprint density at radius 3 is 2.30 bits per heavy atom. The lowest BCUT2D eigenvalue weighted by Gasteiger charge is -2.10. The normalized spacial score (nSPS) is 11.2. The molecule has 0 aliphatic carbocycles. The number of sulfonamides is 1. The summed E-state index contributed by atoms with van der Waals surface area (Å²) < 4.78 is 40.6. The lowest BCUT2D eigenvalue weighted by atomic mass is 10.1. The minimum absolute atomic E-state index is 0.0126. The summed E-state index contributed by atoms with van der Waals surface area (Å²) in [4.78, 5) is 4.12. The maximum absolute atomic E-state index is 13.3. The molecule has 0 fully saturated rings. The maximum Gasteiger partial charge on any atom is 0.263 e. The molecule has 1 aromatic heterocycles. The number of hydrogen-bond acceptors (Lipinski definition) is 4. The molecule has 0 saturated carbocycles. The Morgan fingerprint density at radius 1 is 1.00 bits per heavy atom. The van der Waals surface area contributed by atoms with Gasteiger partial charge in [0, 0.05) is 5.69 Å². The smallest absolute Gasteiger partial charge is 0.263 e. The van der Waals surface area contributed by atoms with Gasteiger partial charge in [-0.2, -0.15) is 0 Å². The van der Waals surface area contributed by atoms with Crippen molar-refractivity contribution in [2.75, 3.05) is 10.0 Å². The Kier molecular flexibility index (Phi) is 5.41. The average molecular weight is 385 g/mol. The van der Waals surface area contributed by atoms with Crippen molar-refractivity contribution in [3.63, 3.8) is 0 Å². The van der Waals surface area contributed by atoms with Crippen molar-refractivity contribution in [3.8, 4) is 0 Å². The zero-order valence-corrected chi connectivity index (χ0v) is 15.8. The number of rotatable bonds is 6. The minimum atomic E-state index is -3.83. The zero-order chi connectivity index (χ0) is 19.4. The molecular weight excluding hydrogens is 365 g/mol. The first-order valence-corrected chi connectivity index (χ1v) is 9.96. The number of hydrogen-bond donors (Lipinski definition) is 2. The number of halogens is 1. The highest BCUT2D eigenvalue weighted by Gasteiger charge is 2.16. The van der Waals surface area contributed by atoms with Crippen LogP contribution in [0, 0.1) is 12.7 Å². The summed E-state index contributed by atoms with van der Waals surface area (Å²) in [5.41, 5.74) is 3.17. The fourth-order valence-electron chi connectivity index (χ4n) is 2.50. The number of nitrogens with zero attached hydrogens (tertiary/aromatic N) is 1.